The fourth-order valence-electron chi connectivity index (χ4n) is 0.734. The lowest BCUT2D eigenvalue weighted by molar-refractivity contribution is -0.116. The second kappa shape index (κ2) is 6.08. The van der Waals surface area contributed by atoms with Gasteiger partial charge < -0.3 is 5.32 Å². The Hall–Kier alpha value is -0.440. The summed E-state index contributed by atoms with van der Waals surface area (Å²) in [4.78, 5) is 10.7. The monoisotopic (exact) mass is 201 g/mol. The van der Waals surface area contributed by atoms with Crippen molar-refractivity contribution in [2.24, 2.45) is 0 Å². The summed E-state index contributed by atoms with van der Waals surface area (Å²) in [7, 11) is 0. The molecular formula is C10H19NOS. The average molecular weight is 201 g/mol. The first-order chi connectivity index (χ1) is 5.95. The Kier molecular flexibility index (Phi) is 5.88. The quantitative estimate of drug-likeness (QED) is 0.546. The molecule has 0 heterocycles. The van der Waals surface area contributed by atoms with Gasteiger partial charge in [-0.2, -0.15) is 11.8 Å². The lowest BCUT2D eigenvalue weighted by Crippen LogP contribution is -2.22. The first-order valence-electron chi connectivity index (χ1n) is 4.50. The summed E-state index contributed by atoms with van der Waals surface area (Å²) in [6, 6.07) is 0. The number of thioether (sulfide) groups is 1. The van der Waals surface area contributed by atoms with E-state index >= 15 is 0 Å². The van der Waals surface area contributed by atoms with Gasteiger partial charge >= 0.3 is 0 Å². The topological polar surface area (TPSA) is 29.1 Å². The highest BCUT2D eigenvalue weighted by molar-refractivity contribution is 8.00. The van der Waals surface area contributed by atoms with Gasteiger partial charge in [0.1, 0.15) is 0 Å². The fraction of sp³-hybridized carbons (Fsp3) is 0.700. The lowest BCUT2D eigenvalue weighted by Gasteiger charge is -2.17. The van der Waals surface area contributed by atoms with Crippen molar-refractivity contribution >= 4 is 17.7 Å². The van der Waals surface area contributed by atoms with Gasteiger partial charge in [0.2, 0.25) is 5.91 Å². The molecule has 0 rings (SSSR count). The molecule has 0 atom stereocenters. The number of rotatable bonds is 5. The average Bonchev–Trinajstić information content (AvgIpc) is 2.01. The molecular weight excluding hydrogens is 182 g/mol. The van der Waals surface area contributed by atoms with Crippen molar-refractivity contribution in [1.29, 1.82) is 0 Å². The van der Waals surface area contributed by atoms with E-state index in [0.717, 1.165) is 18.7 Å². The second-order valence-electron chi connectivity index (χ2n) is 3.81. The van der Waals surface area contributed by atoms with Crippen LogP contribution in [0.2, 0.25) is 0 Å². The van der Waals surface area contributed by atoms with E-state index in [2.05, 4.69) is 32.7 Å². The third-order valence-corrected chi connectivity index (χ3v) is 2.70. The molecule has 0 saturated carbocycles. The Morgan fingerprint density at radius 2 is 2.15 bits per heavy atom. The molecule has 0 radical (unpaired) electrons. The molecule has 3 heteroatoms. The third-order valence-electron chi connectivity index (χ3n) is 1.34. The molecule has 1 amide bonds. The molecule has 2 nitrogen and oxygen atoms in total. The summed E-state index contributed by atoms with van der Waals surface area (Å²) >= 11 is 1.92. The van der Waals surface area contributed by atoms with Gasteiger partial charge in [-0.3, -0.25) is 4.79 Å². The van der Waals surface area contributed by atoms with Crippen molar-refractivity contribution in [2.75, 3.05) is 12.3 Å². The van der Waals surface area contributed by atoms with E-state index in [1.54, 1.807) is 0 Å². The fourth-order valence-corrected chi connectivity index (χ4v) is 1.64. The molecule has 0 bridgehead atoms. The molecule has 76 valence electrons. The number of nitrogens with one attached hydrogen (secondary N) is 1. The minimum Gasteiger partial charge on any atom is -0.353 e. The van der Waals surface area contributed by atoms with Crippen LogP contribution in [0.1, 0.15) is 27.2 Å². The highest BCUT2D eigenvalue weighted by Crippen LogP contribution is 2.23. The number of amides is 1. The Balaban J connectivity index is 3.27. The molecule has 0 aliphatic rings. The molecule has 0 spiro atoms. The molecule has 0 saturated heterocycles. The van der Waals surface area contributed by atoms with Crippen LogP contribution in [-0.4, -0.2) is 23.0 Å². The van der Waals surface area contributed by atoms with E-state index in [4.69, 9.17) is 0 Å². The van der Waals surface area contributed by atoms with Crippen molar-refractivity contribution in [1.82, 2.24) is 5.32 Å². The first-order valence-corrected chi connectivity index (χ1v) is 5.48. The zero-order valence-electron chi connectivity index (χ0n) is 8.72. The van der Waals surface area contributed by atoms with Crippen LogP contribution >= 0.6 is 11.8 Å². The van der Waals surface area contributed by atoms with Gasteiger partial charge in [0.15, 0.2) is 0 Å². The lowest BCUT2D eigenvalue weighted by atomic mass is 10.3. The van der Waals surface area contributed by atoms with Gasteiger partial charge in [-0.15, -0.1) is 0 Å². The Bertz CT molecular complexity index is 172. The van der Waals surface area contributed by atoms with Crippen LogP contribution in [0, 0.1) is 0 Å². The number of hydrogen-bond acceptors (Lipinski definition) is 2. The van der Waals surface area contributed by atoms with Gasteiger partial charge in [-0.1, -0.05) is 27.4 Å². The summed E-state index contributed by atoms with van der Waals surface area (Å²) in [5.74, 6) is 1.00. The van der Waals surface area contributed by atoms with Gasteiger partial charge in [-0.25, -0.2) is 0 Å². The predicted molar refractivity (Wildman–Crippen MR) is 60.0 cm³/mol. The number of carbonyl (C=O) groups excluding carboxylic acids is 1. The largest absolute Gasteiger partial charge is 0.353 e. The van der Waals surface area contributed by atoms with Crippen molar-refractivity contribution in [2.45, 2.75) is 31.9 Å². The minimum atomic E-state index is -0.0826. The van der Waals surface area contributed by atoms with Gasteiger partial charge in [0.05, 0.1) is 0 Å². The van der Waals surface area contributed by atoms with Crippen LogP contribution in [0.25, 0.3) is 0 Å². The summed E-state index contributed by atoms with van der Waals surface area (Å²) in [6.45, 7) is 10.7. The van der Waals surface area contributed by atoms with Crippen LogP contribution in [0.5, 0.6) is 0 Å². The highest BCUT2D eigenvalue weighted by Gasteiger charge is 2.09. The highest BCUT2D eigenvalue weighted by atomic mass is 32.2. The molecule has 0 aromatic rings. The molecule has 1 N–H and O–H groups in total. The maximum Gasteiger partial charge on any atom is 0.243 e. The van der Waals surface area contributed by atoms with Crippen LogP contribution < -0.4 is 5.32 Å². The number of carbonyl (C=O) groups is 1. The van der Waals surface area contributed by atoms with E-state index in [1.807, 2.05) is 11.8 Å². The predicted octanol–water partition coefficient (Wildman–Crippen LogP) is 2.21. The second-order valence-corrected chi connectivity index (χ2v) is 5.73. The van der Waals surface area contributed by atoms with E-state index in [1.165, 1.54) is 6.08 Å². The molecule has 0 aliphatic carbocycles. The summed E-state index contributed by atoms with van der Waals surface area (Å²) in [5.41, 5.74) is 0. The zero-order valence-corrected chi connectivity index (χ0v) is 9.54. The van der Waals surface area contributed by atoms with Gasteiger partial charge in [0.25, 0.3) is 0 Å². The van der Waals surface area contributed by atoms with E-state index < -0.39 is 0 Å². The zero-order chi connectivity index (χ0) is 10.3. The Labute approximate surface area is 85.2 Å². The van der Waals surface area contributed by atoms with Crippen molar-refractivity contribution in [3.63, 3.8) is 0 Å². The summed E-state index contributed by atoms with van der Waals surface area (Å²) in [6.07, 6.45) is 2.32. The summed E-state index contributed by atoms with van der Waals surface area (Å²) < 4.78 is 0.322. The van der Waals surface area contributed by atoms with Gasteiger partial charge in [-0.05, 0) is 18.2 Å². The van der Waals surface area contributed by atoms with Gasteiger partial charge in [0, 0.05) is 11.3 Å². The van der Waals surface area contributed by atoms with Crippen LogP contribution in [0.15, 0.2) is 12.7 Å². The molecule has 0 aromatic carbocycles. The van der Waals surface area contributed by atoms with E-state index in [9.17, 15) is 4.79 Å². The molecule has 13 heavy (non-hydrogen) atoms. The Morgan fingerprint density at radius 1 is 1.54 bits per heavy atom. The molecule has 0 aromatic heterocycles. The Morgan fingerprint density at radius 3 is 2.62 bits per heavy atom. The maximum atomic E-state index is 10.7. The van der Waals surface area contributed by atoms with Crippen LogP contribution in [0.4, 0.5) is 0 Å². The smallest absolute Gasteiger partial charge is 0.243 e. The SMILES string of the molecule is C=CC(=O)NCCCSC(C)(C)C. The van der Waals surface area contributed by atoms with Crippen molar-refractivity contribution < 1.29 is 4.79 Å². The minimum absolute atomic E-state index is 0.0826. The van der Waals surface area contributed by atoms with Crippen molar-refractivity contribution in [3.8, 4) is 0 Å². The van der Waals surface area contributed by atoms with E-state index in [-0.39, 0.29) is 5.91 Å². The molecule has 0 fully saturated rings. The van der Waals surface area contributed by atoms with Crippen LogP contribution in [-0.2, 0) is 4.79 Å². The maximum absolute atomic E-state index is 10.7. The third kappa shape index (κ3) is 9.47. The normalized spacial score (nSPS) is 11.0. The summed E-state index contributed by atoms with van der Waals surface area (Å²) in [5, 5.41) is 2.75. The molecule has 0 unspecified atom stereocenters. The van der Waals surface area contributed by atoms with E-state index in [0.29, 0.717) is 4.75 Å². The number of hydrogen-bond donors (Lipinski definition) is 1. The van der Waals surface area contributed by atoms with Crippen LogP contribution in [0.3, 0.4) is 0 Å². The molecule has 0 aliphatic heterocycles. The van der Waals surface area contributed by atoms with Crippen molar-refractivity contribution in [3.05, 3.63) is 12.7 Å². The standard InChI is InChI=1S/C10H19NOS/c1-5-9(12)11-7-6-8-13-10(2,3)4/h5H,1,6-8H2,2-4H3,(H,11,12). The first kappa shape index (κ1) is 12.6.